The predicted octanol–water partition coefficient (Wildman–Crippen LogP) is 1.67. The second-order valence-electron chi connectivity index (χ2n) is 2.97. The Morgan fingerprint density at radius 1 is 1.46 bits per heavy atom. The molecule has 0 saturated carbocycles. The van der Waals surface area contributed by atoms with Crippen molar-refractivity contribution in [1.82, 2.24) is 0 Å². The first kappa shape index (κ1) is 9.67. The second kappa shape index (κ2) is 3.53. The van der Waals surface area contributed by atoms with Crippen molar-refractivity contribution in [2.24, 2.45) is 5.73 Å². The molecule has 13 heavy (non-hydrogen) atoms. The van der Waals surface area contributed by atoms with Gasteiger partial charge in [0.2, 0.25) is 0 Å². The average molecular weight is 180 g/mol. The molecule has 0 heterocycles. The molecule has 1 rings (SSSR count). The highest BCUT2D eigenvalue weighted by Crippen LogP contribution is 2.23. The smallest absolute Gasteiger partial charge is 0.274 e. The minimum atomic E-state index is -0.394. The second-order valence-corrected chi connectivity index (χ2v) is 2.97. The zero-order valence-corrected chi connectivity index (χ0v) is 7.70. The zero-order valence-electron chi connectivity index (χ0n) is 7.70. The molecule has 0 aliphatic rings. The molecule has 1 aromatic rings. The summed E-state index contributed by atoms with van der Waals surface area (Å²) in [6.07, 6.45) is 0. The van der Waals surface area contributed by atoms with E-state index in [1.165, 1.54) is 6.07 Å². The number of rotatable bonds is 2. The van der Waals surface area contributed by atoms with Crippen LogP contribution in [0.4, 0.5) is 5.69 Å². The first-order chi connectivity index (χ1) is 6.07. The number of nitrogens with zero attached hydrogens (tertiary/aromatic N) is 1. The van der Waals surface area contributed by atoms with Crippen LogP contribution in [0.25, 0.3) is 0 Å². The third-order valence-electron chi connectivity index (χ3n) is 2.25. The molecule has 0 aliphatic carbocycles. The van der Waals surface area contributed by atoms with E-state index in [0.29, 0.717) is 5.56 Å². The summed E-state index contributed by atoms with van der Waals surface area (Å²) in [5.41, 5.74) is 8.15. The van der Waals surface area contributed by atoms with E-state index in [9.17, 15) is 10.1 Å². The monoisotopic (exact) mass is 180 g/mol. The van der Waals surface area contributed by atoms with Crippen LogP contribution in [-0.2, 0) is 6.54 Å². The molecule has 0 fully saturated rings. The number of nitrogens with two attached hydrogens (primary N) is 1. The molecule has 0 amide bonds. The van der Waals surface area contributed by atoms with Crippen LogP contribution in [0.3, 0.4) is 0 Å². The maximum Gasteiger partial charge on any atom is 0.274 e. The van der Waals surface area contributed by atoms with Gasteiger partial charge in [0.25, 0.3) is 5.69 Å². The Morgan fingerprint density at radius 2 is 2.08 bits per heavy atom. The van der Waals surface area contributed by atoms with E-state index in [1.807, 2.05) is 13.8 Å². The van der Waals surface area contributed by atoms with Crippen LogP contribution in [0.15, 0.2) is 12.1 Å². The number of aryl methyl sites for hydroxylation is 1. The van der Waals surface area contributed by atoms with Gasteiger partial charge in [-0.15, -0.1) is 0 Å². The summed E-state index contributed by atoms with van der Waals surface area (Å²) in [5.74, 6) is 0. The number of benzene rings is 1. The van der Waals surface area contributed by atoms with Crippen LogP contribution >= 0.6 is 0 Å². The molecule has 4 nitrogen and oxygen atoms in total. The molecule has 0 saturated heterocycles. The van der Waals surface area contributed by atoms with Crippen molar-refractivity contribution in [2.75, 3.05) is 0 Å². The van der Waals surface area contributed by atoms with Gasteiger partial charge in [-0.3, -0.25) is 10.1 Å². The third-order valence-corrected chi connectivity index (χ3v) is 2.25. The van der Waals surface area contributed by atoms with Gasteiger partial charge in [0.05, 0.1) is 4.92 Å². The largest absolute Gasteiger partial charge is 0.326 e. The SMILES string of the molecule is Cc1ccc([N+](=O)[O-])c(CN)c1C. The number of hydrogen-bond acceptors (Lipinski definition) is 3. The molecule has 0 aromatic heterocycles. The van der Waals surface area contributed by atoms with Crippen LogP contribution in [-0.4, -0.2) is 4.92 Å². The average Bonchev–Trinajstić information content (AvgIpc) is 2.09. The van der Waals surface area contributed by atoms with E-state index in [0.717, 1.165) is 11.1 Å². The van der Waals surface area contributed by atoms with Crippen LogP contribution in [0, 0.1) is 24.0 Å². The molecule has 0 spiro atoms. The van der Waals surface area contributed by atoms with Crippen molar-refractivity contribution in [1.29, 1.82) is 0 Å². The molecule has 1 aromatic carbocycles. The number of nitro benzene ring substituents is 1. The van der Waals surface area contributed by atoms with Gasteiger partial charge >= 0.3 is 0 Å². The van der Waals surface area contributed by atoms with Crippen LogP contribution in [0.5, 0.6) is 0 Å². The molecule has 0 radical (unpaired) electrons. The van der Waals surface area contributed by atoms with Gasteiger partial charge in [-0.1, -0.05) is 6.07 Å². The third kappa shape index (κ3) is 1.67. The van der Waals surface area contributed by atoms with Crippen LogP contribution < -0.4 is 5.73 Å². The standard InChI is InChI=1S/C9H12N2O2/c1-6-3-4-9(11(12)13)8(5-10)7(6)2/h3-4H,5,10H2,1-2H3. The van der Waals surface area contributed by atoms with Gasteiger partial charge in [-0.05, 0) is 25.0 Å². The summed E-state index contributed by atoms with van der Waals surface area (Å²) in [5, 5.41) is 10.6. The number of nitro groups is 1. The highest BCUT2D eigenvalue weighted by atomic mass is 16.6. The molecule has 70 valence electrons. The summed E-state index contributed by atoms with van der Waals surface area (Å²) in [6.45, 7) is 3.98. The fourth-order valence-corrected chi connectivity index (χ4v) is 1.29. The molecule has 0 unspecified atom stereocenters. The van der Waals surface area contributed by atoms with E-state index >= 15 is 0 Å². The summed E-state index contributed by atoms with van der Waals surface area (Å²) in [4.78, 5) is 10.2. The fourth-order valence-electron chi connectivity index (χ4n) is 1.29. The van der Waals surface area contributed by atoms with Crippen LogP contribution in [0.2, 0.25) is 0 Å². The van der Waals surface area contributed by atoms with Gasteiger partial charge in [-0.2, -0.15) is 0 Å². The Balaban J connectivity index is 3.38. The normalized spacial score (nSPS) is 10.1. The lowest BCUT2D eigenvalue weighted by Crippen LogP contribution is -2.05. The summed E-state index contributed by atoms with van der Waals surface area (Å²) in [6, 6.07) is 3.25. The summed E-state index contributed by atoms with van der Waals surface area (Å²) < 4.78 is 0. The van der Waals surface area contributed by atoms with Crippen LogP contribution in [0.1, 0.15) is 16.7 Å². The zero-order chi connectivity index (χ0) is 10.0. The summed E-state index contributed by atoms with van der Waals surface area (Å²) in [7, 11) is 0. The highest BCUT2D eigenvalue weighted by molar-refractivity contribution is 5.48. The van der Waals surface area contributed by atoms with Crippen molar-refractivity contribution < 1.29 is 4.92 Å². The maximum atomic E-state index is 10.6. The first-order valence-electron chi connectivity index (χ1n) is 4.01. The highest BCUT2D eigenvalue weighted by Gasteiger charge is 2.14. The minimum absolute atomic E-state index is 0.116. The molecule has 4 heteroatoms. The van der Waals surface area contributed by atoms with Gasteiger partial charge in [0, 0.05) is 18.2 Å². The Bertz CT molecular complexity index is 348. The van der Waals surface area contributed by atoms with Crippen molar-refractivity contribution in [3.8, 4) is 0 Å². The van der Waals surface area contributed by atoms with E-state index in [1.54, 1.807) is 6.07 Å². The van der Waals surface area contributed by atoms with E-state index in [-0.39, 0.29) is 12.2 Å². The molecular weight excluding hydrogens is 168 g/mol. The lowest BCUT2D eigenvalue weighted by Gasteiger charge is -2.06. The molecule has 0 atom stereocenters. The maximum absolute atomic E-state index is 10.6. The molecule has 0 bridgehead atoms. The topological polar surface area (TPSA) is 69.2 Å². The van der Waals surface area contributed by atoms with E-state index in [4.69, 9.17) is 5.73 Å². The first-order valence-corrected chi connectivity index (χ1v) is 4.01. The molecule has 2 N–H and O–H groups in total. The minimum Gasteiger partial charge on any atom is -0.326 e. The lowest BCUT2D eigenvalue weighted by atomic mass is 10.0. The van der Waals surface area contributed by atoms with Crippen molar-refractivity contribution >= 4 is 5.69 Å². The van der Waals surface area contributed by atoms with Crippen molar-refractivity contribution in [3.63, 3.8) is 0 Å². The lowest BCUT2D eigenvalue weighted by molar-refractivity contribution is -0.385. The number of hydrogen-bond donors (Lipinski definition) is 1. The van der Waals surface area contributed by atoms with Gasteiger partial charge < -0.3 is 5.73 Å². The Kier molecular flexibility index (Phi) is 2.63. The van der Waals surface area contributed by atoms with E-state index < -0.39 is 4.92 Å². The Hall–Kier alpha value is -1.42. The van der Waals surface area contributed by atoms with Crippen molar-refractivity contribution in [2.45, 2.75) is 20.4 Å². The Morgan fingerprint density at radius 3 is 2.54 bits per heavy atom. The Labute approximate surface area is 76.5 Å². The predicted molar refractivity (Wildman–Crippen MR) is 50.5 cm³/mol. The summed E-state index contributed by atoms with van der Waals surface area (Å²) >= 11 is 0. The van der Waals surface area contributed by atoms with E-state index in [2.05, 4.69) is 0 Å². The fraction of sp³-hybridized carbons (Fsp3) is 0.333. The van der Waals surface area contributed by atoms with Gasteiger partial charge in [-0.25, -0.2) is 0 Å². The molecular formula is C9H12N2O2. The van der Waals surface area contributed by atoms with Gasteiger partial charge in [0.15, 0.2) is 0 Å². The quantitative estimate of drug-likeness (QED) is 0.556. The molecule has 0 aliphatic heterocycles. The van der Waals surface area contributed by atoms with Crippen molar-refractivity contribution in [3.05, 3.63) is 38.9 Å². The van der Waals surface area contributed by atoms with Gasteiger partial charge in [0.1, 0.15) is 0 Å².